The number of halogens is 4. The molecule has 0 aliphatic rings. The number of aryl methyl sites for hydroxylation is 1. The van der Waals surface area contributed by atoms with Gasteiger partial charge in [0, 0.05) is 24.1 Å². The van der Waals surface area contributed by atoms with Crippen LogP contribution in [-0.4, -0.2) is 31.5 Å². The van der Waals surface area contributed by atoms with Gasteiger partial charge in [-0.3, -0.25) is 4.79 Å². The van der Waals surface area contributed by atoms with E-state index in [0.29, 0.717) is 30.9 Å². The first-order valence-corrected chi connectivity index (χ1v) is 9.44. The molecular formula is C15H13ClF3NO4S. The Morgan fingerprint density at radius 3 is 2.52 bits per heavy atom. The van der Waals surface area contributed by atoms with E-state index in [1.807, 2.05) is 0 Å². The molecule has 0 unspecified atom stereocenters. The Labute approximate surface area is 146 Å². The molecule has 0 bridgehead atoms. The van der Waals surface area contributed by atoms with Gasteiger partial charge < -0.3 is 4.52 Å². The second-order valence-corrected chi connectivity index (χ2v) is 7.63. The van der Waals surface area contributed by atoms with Crippen LogP contribution in [0.25, 0.3) is 0 Å². The smallest absolute Gasteiger partial charge is 0.361 e. The van der Waals surface area contributed by atoms with Crippen LogP contribution in [0, 0.1) is 0 Å². The van der Waals surface area contributed by atoms with E-state index in [0.717, 1.165) is 18.5 Å². The van der Waals surface area contributed by atoms with E-state index in [2.05, 4.69) is 5.16 Å². The fraction of sp³-hybridized carbons (Fsp3) is 0.333. The fourth-order valence-corrected chi connectivity index (χ4v) is 3.23. The molecular weight excluding hydrogens is 383 g/mol. The lowest BCUT2D eigenvalue weighted by Crippen LogP contribution is -2.13. The number of alkyl halides is 4. The minimum Gasteiger partial charge on any atom is -0.361 e. The third-order valence-corrected chi connectivity index (χ3v) is 4.78. The molecule has 0 saturated carbocycles. The summed E-state index contributed by atoms with van der Waals surface area (Å²) in [6.07, 6.45) is -2.11. The molecule has 0 aliphatic carbocycles. The lowest BCUT2D eigenvalue weighted by atomic mass is 10.0. The molecule has 2 aromatic rings. The van der Waals surface area contributed by atoms with Crippen molar-refractivity contribution in [2.45, 2.75) is 23.9 Å². The lowest BCUT2D eigenvalue weighted by Gasteiger charge is -2.11. The molecule has 0 atom stereocenters. The third-order valence-electron chi connectivity index (χ3n) is 3.38. The van der Waals surface area contributed by atoms with Gasteiger partial charge in [0.05, 0.1) is 22.2 Å². The zero-order valence-corrected chi connectivity index (χ0v) is 14.5. The van der Waals surface area contributed by atoms with Crippen molar-refractivity contribution in [2.75, 3.05) is 12.1 Å². The summed E-state index contributed by atoms with van der Waals surface area (Å²) in [4.78, 5) is 11.9. The number of aromatic nitrogens is 1. The predicted octanol–water partition coefficient (Wildman–Crippen LogP) is 3.50. The molecule has 0 aliphatic heterocycles. The maximum atomic E-state index is 12.8. The molecule has 0 amide bonds. The monoisotopic (exact) mass is 395 g/mol. The van der Waals surface area contributed by atoms with Crippen molar-refractivity contribution in [2.24, 2.45) is 0 Å². The Morgan fingerprint density at radius 1 is 1.28 bits per heavy atom. The number of carbonyl (C=O) groups is 1. The van der Waals surface area contributed by atoms with E-state index in [1.165, 1.54) is 0 Å². The van der Waals surface area contributed by atoms with Crippen molar-refractivity contribution in [3.8, 4) is 0 Å². The van der Waals surface area contributed by atoms with E-state index < -0.39 is 32.3 Å². The van der Waals surface area contributed by atoms with Crippen LogP contribution in [-0.2, 0) is 22.4 Å². The first-order chi connectivity index (χ1) is 11.6. The van der Waals surface area contributed by atoms with E-state index in [1.54, 1.807) is 0 Å². The number of hydrogen-bond acceptors (Lipinski definition) is 5. The molecule has 10 heteroatoms. The molecule has 0 spiro atoms. The third kappa shape index (κ3) is 4.40. The second-order valence-electron chi connectivity index (χ2n) is 5.27. The standard InChI is InChI=1S/C15H13ClF3NO4S/c1-25(22,23)13-7-9(15(17,18)19)4-5-10(13)14(21)11-8-20-24-12(11)3-2-6-16/h4-5,7-8H,2-3,6H2,1H3. The van der Waals surface area contributed by atoms with Crippen molar-refractivity contribution < 1.29 is 30.9 Å². The number of sulfone groups is 1. The summed E-state index contributed by atoms with van der Waals surface area (Å²) >= 11 is 5.58. The van der Waals surface area contributed by atoms with Crippen LogP contribution in [0.2, 0.25) is 0 Å². The van der Waals surface area contributed by atoms with Gasteiger partial charge >= 0.3 is 6.18 Å². The molecule has 1 heterocycles. The first kappa shape index (κ1) is 19.5. The maximum absolute atomic E-state index is 12.8. The number of benzene rings is 1. The topological polar surface area (TPSA) is 77.2 Å². The summed E-state index contributed by atoms with van der Waals surface area (Å²) in [5.74, 6) is -0.270. The number of carbonyl (C=O) groups excluding carboxylic acids is 1. The average molecular weight is 396 g/mol. The van der Waals surface area contributed by atoms with Crippen LogP contribution in [0.15, 0.2) is 33.8 Å². The zero-order valence-electron chi connectivity index (χ0n) is 12.9. The molecule has 0 saturated heterocycles. The van der Waals surface area contributed by atoms with Crippen LogP contribution in [0.3, 0.4) is 0 Å². The van der Waals surface area contributed by atoms with Crippen molar-refractivity contribution in [1.82, 2.24) is 5.16 Å². The highest BCUT2D eigenvalue weighted by atomic mass is 35.5. The molecule has 25 heavy (non-hydrogen) atoms. The number of nitrogens with zero attached hydrogens (tertiary/aromatic N) is 1. The molecule has 0 fully saturated rings. The second kappa shape index (κ2) is 7.17. The van der Waals surface area contributed by atoms with Gasteiger partial charge in [-0.15, -0.1) is 11.6 Å². The molecule has 5 nitrogen and oxygen atoms in total. The highest BCUT2D eigenvalue weighted by molar-refractivity contribution is 7.90. The highest BCUT2D eigenvalue weighted by Crippen LogP contribution is 2.32. The normalized spacial score (nSPS) is 12.4. The van der Waals surface area contributed by atoms with Crippen molar-refractivity contribution in [3.05, 3.63) is 46.8 Å². The van der Waals surface area contributed by atoms with Gasteiger partial charge in [-0.1, -0.05) is 5.16 Å². The Morgan fingerprint density at radius 2 is 1.96 bits per heavy atom. The predicted molar refractivity (Wildman–Crippen MR) is 83.5 cm³/mol. The summed E-state index contributed by atoms with van der Waals surface area (Å²) in [5, 5.41) is 3.50. The van der Waals surface area contributed by atoms with Gasteiger partial charge in [0.2, 0.25) is 0 Å². The van der Waals surface area contributed by atoms with Crippen LogP contribution in [0.4, 0.5) is 13.2 Å². The van der Waals surface area contributed by atoms with Crippen LogP contribution >= 0.6 is 11.6 Å². The molecule has 1 aromatic heterocycles. The van der Waals surface area contributed by atoms with Crippen molar-refractivity contribution >= 4 is 27.2 Å². The Balaban J connectivity index is 2.55. The van der Waals surface area contributed by atoms with Crippen LogP contribution in [0.1, 0.15) is 33.7 Å². The van der Waals surface area contributed by atoms with Gasteiger partial charge in [0.25, 0.3) is 0 Å². The highest BCUT2D eigenvalue weighted by Gasteiger charge is 2.33. The van der Waals surface area contributed by atoms with Crippen LogP contribution in [0.5, 0.6) is 0 Å². The van der Waals surface area contributed by atoms with Crippen molar-refractivity contribution in [1.29, 1.82) is 0 Å². The number of hydrogen-bond donors (Lipinski definition) is 0. The molecule has 0 radical (unpaired) electrons. The summed E-state index contributed by atoms with van der Waals surface area (Å²) in [5.41, 5.74) is -1.53. The Bertz CT molecular complexity index is 890. The van der Waals surface area contributed by atoms with E-state index in [9.17, 15) is 26.4 Å². The summed E-state index contributed by atoms with van der Waals surface area (Å²) in [6.45, 7) is 0. The summed E-state index contributed by atoms with van der Waals surface area (Å²) in [6, 6.07) is 1.96. The Hall–Kier alpha value is -1.87. The quantitative estimate of drug-likeness (QED) is 0.552. The van der Waals surface area contributed by atoms with E-state index in [-0.39, 0.29) is 16.9 Å². The van der Waals surface area contributed by atoms with Crippen molar-refractivity contribution in [3.63, 3.8) is 0 Å². The summed E-state index contributed by atoms with van der Waals surface area (Å²) in [7, 11) is -4.08. The van der Waals surface area contributed by atoms with E-state index in [4.69, 9.17) is 16.1 Å². The molecule has 1 aromatic carbocycles. The SMILES string of the molecule is CS(=O)(=O)c1cc(C(F)(F)F)ccc1C(=O)c1cnoc1CCCCl. The van der Waals surface area contributed by atoms with Gasteiger partial charge in [-0.25, -0.2) is 8.42 Å². The minimum absolute atomic E-state index is 0.00484. The van der Waals surface area contributed by atoms with Gasteiger partial charge in [-0.05, 0) is 24.6 Å². The minimum atomic E-state index is -4.73. The lowest BCUT2D eigenvalue weighted by molar-refractivity contribution is -0.137. The van der Waals surface area contributed by atoms with Gasteiger partial charge in [-0.2, -0.15) is 13.2 Å². The van der Waals surface area contributed by atoms with Crippen LogP contribution < -0.4 is 0 Å². The Kier molecular flexibility index (Phi) is 5.58. The largest absolute Gasteiger partial charge is 0.416 e. The van der Waals surface area contributed by atoms with Gasteiger partial charge in [0.15, 0.2) is 15.6 Å². The molecule has 2 rings (SSSR count). The summed E-state index contributed by atoms with van der Waals surface area (Å²) < 4.78 is 67.3. The van der Waals surface area contributed by atoms with Gasteiger partial charge in [0.1, 0.15) is 5.76 Å². The molecule has 0 N–H and O–H groups in total. The maximum Gasteiger partial charge on any atom is 0.416 e. The first-order valence-electron chi connectivity index (χ1n) is 7.01. The molecule has 136 valence electrons. The average Bonchev–Trinajstić information content (AvgIpc) is 2.98. The number of ketones is 1. The van der Waals surface area contributed by atoms with E-state index >= 15 is 0 Å². The fourth-order valence-electron chi connectivity index (χ4n) is 2.19. The number of rotatable bonds is 6. The zero-order chi connectivity index (χ0) is 18.8.